The first kappa shape index (κ1) is 18.4. The minimum atomic E-state index is -1.38. The fourth-order valence-electron chi connectivity index (χ4n) is 2.63. The largest absolute Gasteiger partial charge is 0.593 e. The number of rotatable bonds is 6. The number of halogens is 1. The molecule has 0 saturated carbocycles. The van der Waals surface area contributed by atoms with Gasteiger partial charge in [-0.05, 0) is 12.1 Å². The summed E-state index contributed by atoms with van der Waals surface area (Å²) in [6.45, 7) is 4.65. The predicted octanol–water partition coefficient (Wildman–Crippen LogP) is 0.931. The number of amides is 1. The monoisotopic (exact) mass is 382 g/mol. The zero-order chi connectivity index (χ0) is 17.8. The standard InChI is InChI=1S/C16H19ClN4O3S/c17-15-12-9-11(1-2-14(12)19-10-13(15)16(18)22)25(23)20-3-4-21-5-7-24-8-6-21/h1-2,9-10,20H,3-8H2,(H2,18,22). The molecule has 7 nitrogen and oxygen atoms in total. The summed E-state index contributed by atoms with van der Waals surface area (Å²) in [5, 5.41) is 0.781. The Morgan fingerprint density at radius 3 is 2.92 bits per heavy atom. The van der Waals surface area contributed by atoms with Crippen molar-refractivity contribution < 1.29 is 14.1 Å². The first-order chi connectivity index (χ1) is 12.1. The lowest BCUT2D eigenvalue weighted by molar-refractivity contribution is 0.0390. The maximum Gasteiger partial charge on any atom is 0.251 e. The fourth-order valence-corrected chi connectivity index (χ4v) is 3.78. The summed E-state index contributed by atoms with van der Waals surface area (Å²) in [5.74, 6) is -0.644. The van der Waals surface area contributed by atoms with Crippen LogP contribution in [0.4, 0.5) is 0 Å². The second-order valence-corrected chi connectivity index (χ2v) is 7.32. The van der Waals surface area contributed by atoms with Crippen LogP contribution in [0.1, 0.15) is 10.4 Å². The summed E-state index contributed by atoms with van der Waals surface area (Å²) in [6.07, 6.45) is 1.35. The summed E-state index contributed by atoms with van der Waals surface area (Å²) < 4.78 is 20.8. The van der Waals surface area contributed by atoms with Gasteiger partial charge in [-0.25, -0.2) is 0 Å². The van der Waals surface area contributed by atoms with Gasteiger partial charge in [-0.1, -0.05) is 11.6 Å². The molecular weight excluding hydrogens is 364 g/mol. The summed E-state index contributed by atoms with van der Waals surface area (Å²) in [4.78, 5) is 18.4. The highest BCUT2D eigenvalue weighted by Gasteiger charge is 2.17. The minimum Gasteiger partial charge on any atom is -0.593 e. The van der Waals surface area contributed by atoms with Crippen LogP contribution in [0.5, 0.6) is 0 Å². The van der Waals surface area contributed by atoms with E-state index in [0.29, 0.717) is 22.3 Å². The van der Waals surface area contributed by atoms with E-state index in [1.807, 2.05) is 0 Å². The van der Waals surface area contributed by atoms with Gasteiger partial charge in [-0.15, -0.1) is 4.72 Å². The van der Waals surface area contributed by atoms with E-state index in [1.54, 1.807) is 18.2 Å². The SMILES string of the molecule is NC(=O)c1cnc2ccc([S+]([O-])NCCN3CCOCC3)cc2c1Cl. The Kier molecular flexibility index (Phi) is 6.10. The number of benzene rings is 1. The van der Waals surface area contributed by atoms with Gasteiger partial charge >= 0.3 is 0 Å². The number of hydrogen-bond acceptors (Lipinski definition) is 6. The number of hydrogen-bond donors (Lipinski definition) is 2. The van der Waals surface area contributed by atoms with Gasteiger partial charge in [0.25, 0.3) is 5.91 Å². The van der Waals surface area contributed by atoms with Crippen LogP contribution in [0.3, 0.4) is 0 Å². The van der Waals surface area contributed by atoms with E-state index in [2.05, 4.69) is 14.6 Å². The molecule has 9 heteroatoms. The van der Waals surface area contributed by atoms with E-state index < -0.39 is 17.3 Å². The highest BCUT2D eigenvalue weighted by molar-refractivity contribution is 7.89. The maximum absolute atomic E-state index is 12.5. The molecule has 0 aliphatic carbocycles. The van der Waals surface area contributed by atoms with Crippen LogP contribution < -0.4 is 10.5 Å². The molecule has 2 heterocycles. The molecule has 1 aromatic heterocycles. The Balaban J connectivity index is 1.69. The molecule has 134 valence electrons. The second kappa shape index (κ2) is 8.31. The molecule has 0 radical (unpaired) electrons. The van der Waals surface area contributed by atoms with Crippen molar-refractivity contribution in [3.05, 3.63) is 35.0 Å². The molecule has 1 saturated heterocycles. The quantitative estimate of drug-likeness (QED) is 0.720. The Morgan fingerprint density at radius 2 is 2.20 bits per heavy atom. The lowest BCUT2D eigenvalue weighted by atomic mass is 10.1. The Bertz CT molecular complexity index is 770. The van der Waals surface area contributed by atoms with Crippen molar-refractivity contribution >= 4 is 39.8 Å². The molecule has 1 amide bonds. The number of fused-ring (bicyclic) bond motifs is 1. The van der Waals surface area contributed by atoms with Gasteiger partial charge in [0, 0.05) is 37.3 Å². The molecule has 2 aromatic rings. The van der Waals surface area contributed by atoms with Crippen LogP contribution in [-0.4, -0.2) is 59.7 Å². The summed E-state index contributed by atoms with van der Waals surface area (Å²) in [7, 11) is 0. The molecule has 25 heavy (non-hydrogen) atoms. The minimum absolute atomic E-state index is 0.150. The van der Waals surface area contributed by atoms with Crippen LogP contribution in [0.2, 0.25) is 5.02 Å². The number of carbonyl (C=O) groups is 1. The molecule has 1 aliphatic heterocycles. The number of aromatic nitrogens is 1. The molecule has 1 unspecified atom stereocenters. The van der Waals surface area contributed by atoms with Gasteiger partial charge < -0.3 is 15.0 Å². The molecule has 3 N–H and O–H groups in total. The lowest BCUT2D eigenvalue weighted by Crippen LogP contribution is -2.41. The summed E-state index contributed by atoms with van der Waals surface area (Å²) in [6, 6.07) is 5.13. The number of nitrogens with one attached hydrogen (secondary N) is 1. The topological polar surface area (TPSA) is 104 Å². The third kappa shape index (κ3) is 4.41. The molecule has 0 spiro atoms. The van der Waals surface area contributed by atoms with Crippen molar-refractivity contribution in [2.24, 2.45) is 5.73 Å². The Labute approximate surface area is 153 Å². The normalized spacial score (nSPS) is 16.9. The van der Waals surface area contributed by atoms with Gasteiger partial charge in [-0.2, -0.15) is 0 Å². The average Bonchev–Trinajstić information content (AvgIpc) is 2.62. The van der Waals surface area contributed by atoms with Crippen LogP contribution in [0, 0.1) is 0 Å². The Morgan fingerprint density at radius 1 is 1.44 bits per heavy atom. The van der Waals surface area contributed by atoms with Gasteiger partial charge in [0.2, 0.25) is 0 Å². The van der Waals surface area contributed by atoms with Crippen molar-refractivity contribution in [1.82, 2.24) is 14.6 Å². The number of morpholine rings is 1. The van der Waals surface area contributed by atoms with E-state index in [9.17, 15) is 9.35 Å². The highest BCUT2D eigenvalue weighted by atomic mass is 35.5. The summed E-state index contributed by atoms with van der Waals surface area (Å²) >= 11 is 4.86. The first-order valence-electron chi connectivity index (χ1n) is 7.89. The third-order valence-electron chi connectivity index (χ3n) is 4.02. The number of ether oxygens (including phenoxy) is 1. The number of nitrogens with two attached hydrogens (primary N) is 1. The van der Waals surface area contributed by atoms with E-state index >= 15 is 0 Å². The third-order valence-corrected chi connectivity index (χ3v) is 5.57. The predicted molar refractivity (Wildman–Crippen MR) is 96.9 cm³/mol. The molecular formula is C16H19ClN4O3S. The van der Waals surface area contributed by atoms with Crippen molar-refractivity contribution in [1.29, 1.82) is 0 Å². The average molecular weight is 383 g/mol. The molecule has 1 atom stereocenters. The zero-order valence-electron chi connectivity index (χ0n) is 13.5. The highest BCUT2D eigenvalue weighted by Crippen LogP contribution is 2.27. The van der Waals surface area contributed by atoms with Gasteiger partial charge in [0.05, 0.1) is 47.2 Å². The van der Waals surface area contributed by atoms with Crippen LogP contribution in [-0.2, 0) is 16.1 Å². The van der Waals surface area contributed by atoms with Crippen molar-refractivity contribution in [2.75, 3.05) is 39.4 Å². The van der Waals surface area contributed by atoms with Gasteiger partial charge in [0.1, 0.15) is 0 Å². The van der Waals surface area contributed by atoms with Crippen LogP contribution in [0.25, 0.3) is 10.9 Å². The molecule has 0 bridgehead atoms. The van der Waals surface area contributed by atoms with E-state index in [-0.39, 0.29) is 10.6 Å². The van der Waals surface area contributed by atoms with E-state index in [4.69, 9.17) is 22.1 Å². The van der Waals surface area contributed by atoms with Crippen LogP contribution in [0.15, 0.2) is 29.3 Å². The maximum atomic E-state index is 12.5. The summed E-state index contributed by atoms with van der Waals surface area (Å²) in [5.41, 5.74) is 6.06. The molecule has 3 rings (SSSR count). The first-order valence-corrected chi connectivity index (χ1v) is 9.42. The number of primary amides is 1. The van der Waals surface area contributed by atoms with E-state index in [0.717, 1.165) is 32.8 Å². The molecule has 1 aromatic carbocycles. The van der Waals surface area contributed by atoms with Gasteiger partial charge in [-0.3, -0.25) is 14.7 Å². The van der Waals surface area contributed by atoms with E-state index in [1.165, 1.54) is 6.20 Å². The number of carbonyl (C=O) groups excluding carboxylic acids is 1. The lowest BCUT2D eigenvalue weighted by Gasteiger charge is -2.26. The smallest absolute Gasteiger partial charge is 0.251 e. The molecule has 1 aliphatic rings. The number of pyridine rings is 1. The Hall–Kier alpha value is -1.42. The number of nitrogens with zero attached hydrogens (tertiary/aromatic N) is 2. The molecule has 1 fully saturated rings. The van der Waals surface area contributed by atoms with Crippen molar-refractivity contribution in [2.45, 2.75) is 4.90 Å². The van der Waals surface area contributed by atoms with Crippen LogP contribution >= 0.6 is 11.6 Å². The second-order valence-electron chi connectivity index (χ2n) is 5.65. The fraction of sp³-hybridized carbons (Fsp3) is 0.375. The van der Waals surface area contributed by atoms with Crippen molar-refractivity contribution in [3.8, 4) is 0 Å². The van der Waals surface area contributed by atoms with Crippen molar-refractivity contribution in [3.63, 3.8) is 0 Å². The van der Waals surface area contributed by atoms with Gasteiger partial charge in [0.15, 0.2) is 4.90 Å². The zero-order valence-corrected chi connectivity index (χ0v) is 15.1.